The third-order valence-corrected chi connectivity index (χ3v) is 4.39. The highest BCUT2D eigenvalue weighted by molar-refractivity contribution is 7.14. The van der Waals surface area contributed by atoms with E-state index in [1.807, 2.05) is 29.0 Å². The number of rotatable bonds is 4. The van der Waals surface area contributed by atoms with Crippen molar-refractivity contribution in [1.82, 2.24) is 9.88 Å². The second-order valence-corrected chi connectivity index (χ2v) is 5.93. The Morgan fingerprint density at radius 2 is 2.30 bits per heavy atom. The third kappa shape index (κ3) is 2.66. The standard InChI is InChI=1S/C14H12N2O2S2/c1-16(7-11-3-2-5-18-11)14(17)12-9-20-13(15-12)10-4-6-19-8-10/h2-6,8-9H,7H2,1H3. The van der Waals surface area contributed by atoms with E-state index in [0.29, 0.717) is 12.2 Å². The van der Waals surface area contributed by atoms with Crippen molar-refractivity contribution in [1.29, 1.82) is 0 Å². The summed E-state index contributed by atoms with van der Waals surface area (Å²) < 4.78 is 5.24. The predicted octanol–water partition coefficient (Wildman–Crippen LogP) is 3.74. The fourth-order valence-corrected chi connectivity index (χ4v) is 3.30. The first-order valence-electron chi connectivity index (χ1n) is 6.00. The topological polar surface area (TPSA) is 46.3 Å². The highest BCUT2D eigenvalue weighted by Crippen LogP contribution is 2.26. The third-order valence-electron chi connectivity index (χ3n) is 2.81. The van der Waals surface area contributed by atoms with Gasteiger partial charge in [0.15, 0.2) is 0 Å². The average Bonchev–Trinajstić information content (AvgIpc) is 3.18. The molecule has 3 rings (SSSR count). The molecule has 6 heteroatoms. The smallest absolute Gasteiger partial charge is 0.273 e. The Balaban J connectivity index is 1.74. The van der Waals surface area contributed by atoms with Crippen LogP contribution in [-0.4, -0.2) is 22.8 Å². The molecular weight excluding hydrogens is 292 g/mol. The number of hydrogen-bond donors (Lipinski definition) is 0. The first kappa shape index (κ1) is 13.1. The summed E-state index contributed by atoms with van der Waals surface area (Å²) in [5.41, 5.74) is 1.54. The summed E-state index contributed by atoms with van der Waals surface area (Å²) in [6.07, 6.45) is 1.60. The van der Waals surface area contributed by atoms with E-state index >= 15 is 0 Å². The van der Waals surface area contributed by atoms with Gasteiger partial charge < -0.3 is 9.32 Å². The Hall–Kier alpha value is -1.92. The van der Waals surface area contributed by atoms with Crippen LogP contribution < -0.4 is 0 Å². The number of carbonyl (C=O) groups excluding carboxylic acids is 1. The van der Waals surface area contributed by atoms with Gasteiger partial charge >= 0.3 is 0 Å². The van der Waals surface area contributed by atoms with Crippen LogP contribution in [0.2, 0.25) is 0 Å². The van der Waals surface area contributed by atoms with Crippen molar-refractivity contribution >= 4 is 28.6 Å². The molecule has 4 nitrogen and oxygen atoms in total. The predicted molar refractivity (Wildman–Crippen MR) is 79.9 cm³/mol. The second kappa shape index (κ2) is 5.60. The molecule has 0 aromatic carbocycles. The van der Waals surface area contributed by atoms with Gasteiger partial charge in [0.1, 0.15) is 16.5 Å². The second-order valence-electron chi connectivity index (χ2n) is 4.29. The summed E-state index contributed by atoms with van der Waals surface area (Å²) in [5, 5.41) is 6.70. The van der Waals surface area contributed by atoms with Crippen molar-refractivity contribution in [3.05, 3.63) is 52.1 Å². The molecule has 102 valence electrons. The highest BCUT2D eigenvalue weighted by Gasteiger charge is 2.17. The van der Waals surface area contributed by atoms with Gasteiger partial charge in [-0.15, -0.1) is 11.3 Å². The van der Waals surface area contributed by atoms with Gasteiger partial charge in [-0.05, 0) is 23.6 Å². The van der Waals surface area contributed by atoms with Crippen LogP contribution in [0.15, 0.2) is 45.0 Å². The molecule has 3 heterocycles. The lowest BCUT2D eigenvalue weighted by Crippen LogP contribution is -2.26. The molecule has 0 saturated heterocycles. The molecule has 0 spiro atoms. The summed E-state index contributed by atoms with van der Waals surface area (Å²) >= 11 is 3.11. The molecule has 3 aromatic heterocycles. The van der Waals surface area contributed by atoms with Crippen LogP contribution in [0.4, 0.5) is 0 Å². The normalized spacial score (nSPS) is 10.7. The van der Waals surface area contributed by atoms with Crippen LogP contribution in [0.1, 0.15) is 16.2 Å². The fourth-order valence-electron chi connectivity index (χ4n) is 1.79. The zero-order valence-electron chi connectivity index (χ0n) is 10.8. The molecule has 0 radical (unpaired) electrons. The molecule has 0 atom stereocenters. The van der Waals surface area contributed by atoms with E-state index < -0.39 is 0 Å². The molecule has 0 N–H and O–H groups in total. The quantitative estimate of drug-likeness (QED) is 0.737. The molecule has 0 aliphatic carbocycles. The molecule has 0 fully saturated rings. The molecule has 1 amide bonds. The van der Waals surface area contributed by atoms with Crippen molar-refractivity contribution in [2.24, 2.45) is 0 Å². The Labute approximate surface area is 124 Å². The lowest BCUT2D eigenvalue weighted by molar-refractivity contribution is 0.0770. The zero-order chi connectivity index (χ0) is 13.9. The maximum Gasteiger partial charge on any atom is 0.273 e. The Kier molecular flexibility index (Phi) is 3.66. The van der Waals surface area contributed by atoms with Gasteiger partial charge in [0.05, 0.1) is 12.8 Å². The van der Waals surface area contributed by atoms with Crippen molar-refractivity contribution < 1.29 is 9.21 Å². The lowest BCUT2D eigenvalue weighted by Gasteiger charge is -2.13. The number of hydrogen-bond acceptors (Lipinski definition) is 5. The van der Waals surface area contributed by atoms with Crippen molar-refractivity contribution in [3.63, 3.8) is 0 Å². The van der Waals surface area contributed by atoms with Crippen LogP contribution in [0.3, 0.4) is 0 Å². The van der Waals surface area contributed by atoms with Crippen LogP contribution >= 0.6 is 22.7 Å². The number of thiophene rings is 1. The number of aromatic nitrogens is 1. The van der Waals surface area contributed by atoms with Crippen LogP contribution in [0, 0.1) is 0 Å². The summed E-state index contributed by atoms with van der Waals surface area (Å²) in [5.74, 6) is 0.660. The fraction of sp³-hybridized carbons (Fsp3) is 0.143. The van der Waals surface area contributed by atoms with E-state index in [2.05, 4.69) is 4.98 Å². The highest BCUT2D eigenvalue weighted by atomic mass is 32.1. The van der Waals surface area contributed by atoms with E-state index in [1.165, 1.54) is 11.3 Å². The molecular formula is C14H12N2O2S2. The van der Waals surface area contributed by atoms with Gasteiger partial charge in [-0.1, -0.05) is 0 Å². The molecule has 3 aromatic rings. The van der Waals surface area contributed by atoms with Gasteiger partial charge in [0.2, 0.25) is 0 Å². The van der Waals surface area contributed by atoms with Crippen molar-refractivity contribution in [2.75, 3.05) is 7.05 Å². The average molecular weight is 304 g/mol. The van der Waals surface area contributed by atoms with Gasteiger partial charge in [0, 0.05) is 23.4 Å². The number of amides is 1. The van der Waals surface area contributed by atoms with E-state index in [9.17, 15) is 4.79 Å². The number of carbonyl (C=O) groups is 1. The summed E-state index contributed by atoms with van der Waals surface area (Å²) in [6.45, 7) is 0.442. The molecule has 0 aliphatic rings. The molecule has 0 saturated carbocycles. The van der Waals surface area contributed by atoms with E-state index in [1.54, 1.807) is 34.9 Å². The molecule has 0 aliphatic heterocycles. The largest absolute Gasteiger partial charge is 0.467 e. The molecule has 20 heavy (non-hydrogen) atoms. The first-order valence-corrected chi connectivity index (χ1v) is 7.82. The lowest BCUT2D eigenvalue weighted by atomic mass is 10.3. The number of furan rings is 1. The summed E-state index contributed by atoms with van der Waals surface area (Å²) in [6, 6.07) is 5.66. The minimum Gasteiger partial charge on any atom is -0.467 e. The van der Waals surface area contributed by atoms with E-state index in [0.717, 1.165) is 16.3 Å². The Morgan fingerprint density at radius 1 is 1.40 bits per heavy atom. The Morgan fingerprint density at radius 3 is 3.00 bits per heavy atom. The summed E-state index contributed by atoms with van der Waals surface area (Å²) in [4.78, 5) is 18.3. The van der Waals surface area contributed by atoms with Gasteiger partial charge in [-0.2, -0.15) is 11.3 Å². The zero-order valence-corrected chi connectivity index (χ0v) is 12.4. The van der Waals surface area contributed by atoms with Crippen LogP contribution in [-0.2, 0) is 6.54 Å². The minimum atomic E-state index is -0.0980. The van der Waals surface area contributed by atoms with Gasteiger partial charge in [-0.3, -0.25) is 4.79 Å². The maximum absolute atomic E-state index is 12.3. The number of nitrogens with zero attached hydrogens (tertiary/aromatic N) is 2. The van der Waals surface area contributed by atoms with Crippen molar-refractivity contribution in [3.8, 4) is 10.6 Å². The molecule has 0 unspecified atom stereocenters. The maximum atomic E-state index is 12.3. The Bertz CT molecular complexity index is 687. The summed E-state index contributed by atoms with van der Waals surface area (Å²) in [7, 11) is 1.74. The van der Waals surface area contributed by atoms with Crippen LogP contribution in [0.25, 0.3) is 10.6 Å². The molecule has 0 bridgehead atoms. The SMILES string of the molecule is CN(Cc1ccco1)C(=O)c1csc(-c2ccsc2)n1. The van der Waals surface area contributed by atoms with Gasteiger partial charge in [-0.25, -0.2) is 4.98 Å². The van der Waals surface area contributed by atoms with Crippen molar-refractivity contribution in [2.45, 2.75) is 6.54 Å². The monoisotopic (exact) mass is 304 g/mol. The van der Waals surface area contributed by atoms with Crippen LogP contribution in [0.5, 0.6) is 0 Å². The number of thiazole rings is 1. The van der Waals surface area contributed by atoms with Gasteiger partial charge in [0.25, 0.3) is 5.91 Å². The van der Waals surface area contributed by atoms with E-state index in [-0.39, 0.29) is 5.91 Å². The first-order chi connectivity index (χ1) is 9.74. The van der Waals surface area contributed by atoms with E-state index in [4.69, 9.17) is 4.42 Å². The minimum absolute atomic E-state index is 0.0980.